The first-order chi connectivity index (χ1) is 15.6. The molecule has 2 aromatic carbocycles. The van der Waals surface area contributed by atoms with Crippen molar-refractivity contribution in [3.8, 4) is 16.9 Å². The molecule has 1 aliphatic heterocycles. The second-order valence-corrected chi connectivity index (χ2v) is 8.08. The third-order valence-electron chi connectivity index (χ3n) is 5.71. The van der Waals surface area contributed by atoms with E-state index in [9.17, 15) is 4.79 Å². The summed E-state index contributed by atoms with van der Waals surface area (Å²) in [4.78, 5) is 23.7. The van der Waals surface area contributed by atoms with Gasteiger partial charge in [0.15, 0.2) is 5.82 Å². The lowest BCUT2D eigenvalue weighted by Crippen LogP contribution is -2.52. The lowest BCUT2D eigenvalue weighted by Gasteiger charge is -2.39. The molecule has 3 heterocycles. The second-order valence-electron chi connectivity index (χ2n) is 8.08. The Morgan fingerprint density at radius 3 is 2.41 bits per heavy atom. The number of aryl methyl sites for hydroxylation is 2. The van der Waals surface area contributed by atoms with Crippen molar-refractivity contribution in [2.45, 2.75) is 13.8 Å². The van der Waals surface area contributed by atoms with Crippen molar-refractivity contribution in [3.05, 3.63) is 84.4 Å². The van der Waals surface area contributed by atoms with Gasteiger partial charge in [0.25, 0.3) is 0 Å². The van der Waals surface area contributed by atoms with Crippen LogP contribution in [0.3, 0.4) is 0 Å². The smallest absolute Gasteiger partial charge is 0.231 e. The number of nitrogens with zero attached hydrogens (tertiary/aromatic N) is 5. The lowest BCUT2D eigenvalue weighted by atomic mass is 9.98. The maximum atomic E-state index is 12.9. The molecule has 0 spiro atoms. The lowest BCUT2D eigenvalue weighted by molar-refractivity contribution is -0.120. The summed E-state index contributed by atoms with van der Waals surface area (Å²) in [6.07, 6.45) is 1.55. The fourth-order valence-corrected chi connectivity index (χ4v) is 4.01. The van der Waals surface area contributed by atoms with Gasteiger partial charge in [0.1, 0.15) is 12.1 Å². The summed E-state index contributed by atoms with van der Waals surface area (Å²) in [5, 5.41) is 7.61. The second kappa shape index (κ2) is 8.26. The summed E-state index contributed by atoms with van der Waals surface area (Å²) in [5.74, 6) is 1.46. The van der Waals surface area contributed by atoms with Crippen LogP contribution in [0.15, 0.2) is 73.1 Å². The van der Waals surface area contributed by atoms with Gasteiger partial charge in [0.2, 0.25) is 5.91 Å². The van der Waals surface area contributed by atoms with Gasteiger partial charge in [-0.3, -0.25) is 4.79 Å². The number of carbonyl (C=O) groups excluding carboxylic acids is 1. The molecule has 1 aliphatic rings. The summed E-state index contributed by atoms with van der Waals surface area (Å²) in [6, 6.07) is 21.9. The minimum Gasteiger partial charge on any atom is -0.355 e. The zero-order valence-corrected chi connectivity index (χ0v) is 18.1. The fraction of sp³-hybridized carbons (Fsp3) is 0.200. The van der Waals surface area contributed by atoms with Crippen LogP contribution >= 0.6 is 0 Å². The summed E-state index contributed by atoms with van der Waals surface area (Å²) in [5.41, 5.74) is 4.89. The summed E-state index contributed by atoms with van der Waals surface area (Å²) >= 11 is 0. The van der Waals surface area contributed by atoms with Crippen molar-refractivity contribution in [2.75, 3.05) is 23.3 Å². The van der Waals surface area contributed by atoms with Gasteiger partial charge in [0.05, 0.1) is 11.6 Å². The number of benzene rings is 2. The Hall–Kier alpha value is -4.00. The number of nitrogens with one attached hydrogen (secondary N) is 1. The Balaban J connectivity index is 1.27. The van der Waals surface area contributed by atoms with Crippen molar-refractivity contribution < 1.29 is 4.79 Å². The van der Waals surface area contributed by atoms with E-state index in [4.69, 9.17) is 0 Å². The van der Waals surface area contributed by atoms with E-state index >= 15 is 0 Å². The van der Waals surface area contributed by atoms with Crippen LogP contribution in [0.25, 0.3) is 16.9 Å². The van der Waals surface area contributed by atoms with Gasteiger partial charge in [-0.25, -0.2) is 14.6 Å². The maximum Gasteiger partial charge on any atom is 0.231 e. The van der Waals surface area contributed by atoms with Gasteiger partial charge in [0, 0.05) is 36.1 Å². The van der Waals surface area contributed by atoms with Crippen LogP contribution in [0.4, 0.5) is 11.5 Å². The highest BCUT2D eigenvalue weighted by atomic mass is 16.2. The number of carbonyl (C=O) groups is 1. The standard InChI is InChI=1S/C25H24N6O/c1-17-12-18(2)31(29-17)24-13-23(26-16-27-24)30-14-20(15-30)25(32)28-22-11-7-6-10-21(22)19-8-4-3-5-9-19/h3-13,16,20H,14-15H2,1-2H3,(H,28,32). The quantitative estimate of drug-likeness (QED) is 0.524. The van der Waals surface area contributed by atoms with Crippen LogP contribution in [-0.4, -0.2) is 38.7 Å². The van der Waals surface area contributed by atoms with Crippen LogP contribution in [0.1, 0.15) is 11.4 Å². The Bertz CT molecular complexity index is 1260. The van der Waals surface area contributed by atoms with Gasteiger partial charge in [-0.05, 0) is 31.5 Å². The number of para-hydroxylation sites is 1. The number of hydrogen-bond donors (Lipinski definition) is 1. The average Bonchev–Trinajstić information content (AvgIpc) is 3.12. The zero-order chi connectivity index (χ0) is 22.1. The van der Waals surface area contributed by atoms with Crippen molar-refractivity contribution in [1.82, 2.24) is 19.7 Å². The third kappa shape index (κ3) is 3.85. The molecule has 1 N–H and O–H groups in total. The number of rotatable bonds is 5. The van der Waals surface area contributed by atoms with Gasteiger partial charge in [-0.1, -0.05) is 48.5 Å². The molecule has 32 heavy (non-hydrogen) atoms. The minimum absolute atomic E-state index is 0.0254. The molecule has 7 nitrogen and oxygen atoms in total. The molecule has 5 rings (SSSR count). The molecule has 4 aromatic rings. The third-order valence-corrected chi connectivity index (χ3v) is 5.71. The molecule has 0 unspecified atom stereocenters. The topological polar surface area (TPSA) is 75.9 Å². The molecule has 7 heteroatoms. The average molecular weight is 425 g/mol. The maximum absolute atomic E-state index is 12.9. The molecule has 1 amide bonds. The Kier molecular flexibility index (Phi) is 5.15. The van der Waals surface area contributed by atoms with E-state index in [1.807, 2.05) is 85.3 Å². The molecule has 0 aliphatic carbocycles. The van der Waals surface area contributed by atoms with Gasteiger partial charge in [-0.2, -0.15) is 5.10 Å². The SMILES string of the molecule is Cc1cc(C)n(-c2cc(N3CC(C(=O)Nc4ccccc4-c4ccccc4)C3)ncn2)n1. The van der Waals surface area contributed by atoms with Gasteiger partial charge in [-0.15, -0.1) is 0 Å². The first-order valence-electron chi connectivity index (χ1n) is 10.6. The highest BCUT2D eigenvalue weighted by Gasteiger charge is 2.34. The van der Waals surface area contributed by atoms with Gasteiger partial charge >= 0.3 is 0 Å². The summed E-state index contributed by atoms with van der Waals surface area (Å²) in [7, 11) is 0. The van der Waals surface area contributed by atoms with E-state index in [0.717, 1.165) is 39.8 Å². The van der Waals surface area contributed by atoms with E-state index < -0.39 is 0 Å². The van der Waals surface area contributed by atoms with Crippen LogP contribution in [0.2, 0.25) is 0 Å². The minimum atomic E-state index is -0.0917. The Morgan fingerprint density at radius 1 is 0.938 bits per heavy atom. The summed E-state index contributed by atoms with van der Waals surface area (Å²) in [6.45, 7) is 5.19. The van der Waals surface area contributed by atoms with Crippen molar-refractivity contribution in [1.29, 1.82) is 0 Å². The van der Waals surface area contributed by atoms with E-state index in [1.54, 1.807) is 6.33 Å². The summed E-state index contributed by atoms with van der Waals surface area (Å²) < 4.78 is 1.81. The molecule has 0 saturated carbocycles. The molecule has 2 aromatic heterocycles. The fourth-order valence-electron chi connectivity index (χ4n) is 4.01. The van der Waals surface area contributed by atoms with E-state index in [1.165, 1.54) is 0 Å². The number of aromatic nitrogens is 4. The highest BCUT2D eigenvalue weighted by Crippen LogP contribution is 2.30. The predicted molar refractivity (Wildman–Crippen MR) is 125 cm³/mol. The van der Waals surface area contributed by atoms with E-state index in [0.29, 0.717) is 13.1 Å². The molecule has 160 valence electrons. The molecule has 1 saturated heterocycles. The van der Waals surface area contributed by atoms with E-state index in [-0.39, 0.29) is 11.8 Å². The van der Waals surface area contributed by atoms with Crippen molar-refractivity contribution in [2.24, 2.45) is 5.92 Å². The molecule has 1 fully saturated rings. The molecule has 0 bridgehead atoms. The van der Waals surface area contributed by atoms with Crippen LogP contribution in [0.5, 0.6) is 0 Å². The number of amides is 1. The normalized spacial score (nSPS) is 13.6. The molecule has 0 atom stereocenters. The highest BCUT2D eigenvalue weighted by molar-refractivity contribution is 5.98. The molecular formula is C25H24N6O. The predicted octanol–water partition coefficient (Wildman–Crippen LogP) is 4.02. The van der Waals surface area contributed by atoms with Gasteiger partial charge < -0.3 is 10.2 Å². The van der Waals surface area contributed by atoms with Crippen LogP contribution < -0.4 is 10.2 Å². The van der Waals surface area contributed by atoms with Crippen LogP contribution in [-0.2, 0) is 4.79 Å². The van der Waals surface area contributed by atoms with Crippen molar-refractivity contribution in [3.63, 3.8) is 0 Å². The Labute approximate surface area is 186 Å². The first-order valence-corrected chi connectivity index (χ1v) is 10.6. The Morgan fingerprint density at radius 2 is 1.66 bits per heavy atom. The monoisotopic (exact) mass is 424 g/mol. The van der Waals surface area contributed by atoms with E-state index in [2.05, 4.69) is 25.3 Å². The van der Waals surface area contributed by atoms with Crippen molar-refractivity contribution >= 4 is 17.4 Å². The first kappa shape index (κ1) is 19.9. The number of hydrogen-bond acceptors (Lipinski definition) is 5. The number of anilines is 2. The van der Waals surface area contributed by atoms with Crippen LogP contribution in [0, 0.1) is 19.8 Å². The largest absolute Gasteiger partial charge is 0.355 e. The molecule has 0 radical (unpaired) electrons. The molecular weight excluding hydrogens is 400 g/mol. The zero-order valence-electron chi connectivity index (χ0n) is 18.1.